The molecule has 1 rings (SSSR count). The molecule has 0 bridgehead atoms. The normalized spacial score (nSPS) is 12.1. The Morgan fingerprint density at radius 2 is 2.08 bits per heavy atom. The maximum Gasteiger partial charge on any atom is 0.123 e. The van der Waals surface area contributed by atoms with Crippen LogP contribution >= 0.6 is 0 Å². The maximum absolute atomic E-state index is 12.5. The van der Waals surface area contributed by atoms with Crippen LogP contribution in [0.5, 0.6) is 0 Å². The zero-order valence-electron chi connectivity index (χ0n) is 7.55. The summed E-state index contributed by atoms with van der Waals surface area (Å²) in [6.45, 7) is 2.52. The highest BCUT2D eigenvalue weighted by atomic mass is 19.1. The lowest BCUT2D eigenvalue weighted by Gasteiger charge is -2.11. The monoisotopic (exact) mass is 177 g/mol. The van der Waals surface area contributed by atoms with Gasteiger partial charge < -0.3 is 0 Å². The van der Waals surface area contributed by atoms with Crippen molar-refractivity contribution < 1.29 is 4.39 Å². The quantitative estimate of drug-likeness (QED) is 0.697. The van der Waals surface area contributed by atoms with Crippen LogP contribution in [0.15, 0.2) is 24.3 Å². The number of hydrogen-bond donors (Lipinski definition) is 1. The highest BCUT2D eigenvalue weighted by molar-refractivity contribution is 5.19. The van der Waals surface area contributed by atoms with E-state index in [-0.39, 0.29) is 11.9 Å². The van der Waals surface area contributed by atoms with Crippen LogP contribution in [0.4, 0.5) is 4.39 Å². The van der Waals surface area contributed by atoms with Crippen molar-refractivity contribution >= 4 is 0 Å². The first kappa shape index (κ1) is 9.76. The molecule has 0 fully saturated rings. The molecule has 0 aliphatic rings. The highest BCUT2D eigenvalue weighted by Gasteiger charge is 2.02. The molecule has 0 aliphatic carbocycles. The Balaban J connectivity index is 2.62. The largest absolute Gasteiger partial charge is 0.300 e. The van der Waals surface area contributed by atoms with Crippen molar-refractivity contribution in [3.8, 4) is 12.3 Å². The first-order chi connectivity index (χ1) is 6.24. The van der Waals surface area contributed by atoms with Gasteiger partial charge in [0.1, 0.15) is 5.82 Å². The Labute approximate surface area is 78.0 Å². The lowest BCUT2D eigenvalue weighted by Crippen LogP contribution is -2.18. The molecule has 1 aromatic rings. The van der Waals surface area contributed by atoms with Crippen molar-refractivity contribution in [3.05, 3.63) is 35.6 Å². The number of hydrogen-bond acceptors (Lipinski definition) is 1. The lowest BCUT2D eigenvalue weighted by atomic mass is 10.1. The van der Waals surface area contributed by atoms with Crippen molar-refractivity contribution in [2.75, 3.05) is 6.54 Å². The van der Waals surface area contributed by atoms with E-state index in [1.54, 1.807) is 12.1 Å². The first-order valence-electron chi connectivity index (χ1n) is 4.16. The Hall–Kier alpha value is -1.33. The molecule has 13 heavy (non-hydrogen) atoms. The van der Waals surface area contributed by atoms with Crippen LogP contribution in [-0.2, 0) is 0 Å². The standard InChI is InChI=1S/C11H12FN/c1-3-8-13-9(2)10-4-6-11(12)7-5-10/h1,4-7,9,13H,8H2,2H3/t9-/m0/s1. The Bertz CT molecular complexity index is 297. The maximum atomic E-state index is 12.5. The lowest BCUT2D eigenvalue weighted by molar-refractivity contribution is 0.609. The van der Waals surface area contributed by atoms with E-state index in [2.05, 4.69) is 11.2 Å². The molecule has 0 saturated carbocycles. The number of rotatable bonds is 3. The van der Waals surface area contributed by atoms with Gasteiger partial charge in [-0.25, -0.2) is 4.39 Å². The zero-order chi connectivity index (χ0) is 9.68. The fourth-order valence-corrected chi connectivity index (χ4v) is 1.08. The van der Waals surface area contributed by atoms with Crippen LogP contribution in [-0.4, -0.2) is 6.54 Å². The van der Waals surface area contributed by atoms with Gasteiger partial charge in [-0.15, -0.1) is 6.42 Å². The molecular formula is C11H12FN. The third kappa shape index (κ3) is 2.89. The summed E-state index contributed by atoms with van der Waals surface area (Å²) in [5.41, 5.74) is 1.04. The number of terminal acetylenes is 1. The van der Waals surface area contributed by atoms with Gasteiger partial charge >= 0.3 is 0 Å². The first-order valence-corrected chi connectivity index (χ1v) is 4.16. The highest BCUT2D eigenvalue weighted by Crippen LogP contribution is 2.11. The minimum atomic E-state index is -0.215. The zero-order valence-corrected chi connectivity index (χ0v) is 7.55. The van der Waals surface area contributed by atoms with E-state index < -0.39 is 0 Å². The number of nitrogens with one attached hydrogen (secondary N) is 1. The van der Waals surface area contributed by atoms with Crippen LogP contribution in [0.25, 0.3) is 0 Å². The van der Waals surface area contributed by atoms with Gasteiger partial charge in [-0.3, -0.25) is 5.32 Å². The summed E-state index contributed by atoms with van der Waals surface area (Å²) in [4.78, 5) is 0. The molecule has 0 aromatic heterocycles. The van der Waals surface area contributed by atoms with Gasteiger partial charge in [0.05, 0.1) is 6.54 Å². The molecule has 1 aromatic carbocycles. The van der Waals surface area contributed by atoms with Crippen LogP contribution in [0.3, 0.4) is 0 Å². The second-order valence-electron chi connectivity index (χ2n) is 2.86. The minimum Gasteiger partial charge on any atom is -0.300 e. The molecular weight excluding hydrogens is 165 g/mol. The molecule has 1 nitrogen and oxygen atoms in total. The van der Waals surface area contributed by atoms with E-state index in [0.717, 1.165) is 5.56 Å². The fourth-order valence-electron chi connectivity index (χ4n) is 1.08. The van der Waals surface area contributed by atoms with E-state index in [4.69, 9.17) is 6.42 Å². The summed E-state index contributed by atoms with van der Waals surface area (Å²) in [5.74, 6) is 2.28. The average Bonchev–Trinajstić information content (AvgIpc) is 2.15. The Morgan fingerprint density at radius 3 is 2.62 bits per heavy atom. The Kier molecular flexibility index (Phi) is 3.48. The third-order valence-corrected chi connectivity index (χ3v) is 1.88. The molecule has 0 heterocycles. The number of benzene rings is 1. The molecule has 2 heteroatoms. The van der Waals surface area contributed by atoms with Crippen molar-refractivity contribution in [3.63, 3.8) is 0 Å². The summed E-state index contributed by atoms with van der Waals surface area (Å²) in [6.07, 6.45) is 5.11. The van der Waals surface area contributed by atoms with Gasteiger partial charge in [0.2, 0.25) is 0 Å². The van der Waals surface area contributed by atoms with Gasteiger partial charge in [0, 0.05) is 6.04 Å². The molecule has 0 unspecified atom stereocenters. The summed E-state index contributed by atoms with van der Waals surface area (Å²) >= 11 is 0. The third-order valence-electron chi connectivity index (χ3n) is 1.88. The van der Waals surface area contributed by atoms with Crippen LogP contribution in [0.2, 0.25) is 0 Å². The van der Waals surface area contributed by atoms with E-state index in [0.29, 0.717) is 6.54 Å². The second-order valence-corrected chi connectivity index (χ2v) is 2.86. The summed E-state index contributed by atoms with van der Waals surface area (Å²) in [6, 6.07) is 6.57. The van der Waals surface area contributed by atoms with Gasteiger partial charge in [0.15, 0.2) is 0 Å². The molecule has 0 spiro atoms. The van der Waals surface area contributed by atoms with Gasteiger partial charge in [-0.2, -0.15) is 0 Å². The van der Waals surface area contributed by atoms with Gasteiger partial charge in [-0.05, 0) is 24.6 Å². The molecule has 0 saturated heterocycles. The van der Waals surface area contributed by atoms with Crippen molar-refractivity contribution in [2.24, 2.45) is 0 Å². The van der Waals surface area contributed by atoms with E-state index in [9.17, 15) is 4.39 Å². The molecule has 0 aliphatic heterocycles. The van der Waals surface area contributed by atoms with Crippen LogP contribution in [0, 0.1) is 18.2 Å². The van der Waals surface area contributed by atoms with E-state index in [1.165, 1.54) is 12.1 Å². The summed E-state index contributed by atoms with van der Waals surface area (Å²) in [7, 11) is 0. The Morgan fingerprint density at radius 1 is 1.46 bits per heavy atom. The molecule has 1 N–H and O–H groups in total. The molecule has 68 valence electrons. The smallest absolute Gasteiger partial charge is 0.123 e. The molecule has 1 atom stereocenters. The van der Waals surface area contributed by atoms with Crippen molar-refractivity contribution in [2.45, 2.75) is 13.0 Å². The second kappa shape index (κ2) is 4.64. The summed E-state index contributed by atoms with van der Waals surface area (Å²) in [5, 5.41) is 3.11. The minimum absolute atomic E-state index is 0.164. The van der Waals surface area contributed by atoms with Gasteiger partial charge in [-0.1, -0.05) is 18.1 Å². The SMILES string of the molecule is C#CCN[C@@H](C)c1ccc(F)cc1. The number of halogens is 1. The van der Waals surface area contributed by atoms with E-state index >= 15 is 0 Å². The van der Waals surface area contributed by atoms with Crippen molar-refractivity contribution in [1.29, 1.82) is 0 Å². The topological polar surface area (TPSA) is 12.0 Å². The van der Waals surface area contributed by atoms with Gasteiger partial charge in [0.25, 0.3) is 0 Å². The van der Waals surface area contributed by atoms with Crippen molar-refractivity contribution in [1.82, 2.24) is 5.32 Å². The summed E-state index contributed by atoms with van der Waals surface area (Å²) < 4.78 is 12.5. The predicted octanol–water partition coefficient (Wildman–Crippen LogP) is 2.11. The average molecular weight is 177 g/mol. The van der Waals surface area contributed by atoms with E-state index in [1.807, 2.05) is 6.92 Å². The van der Waals surface area contributed by atoms with Crippen LogP contribution < -0.4 is 5.32 Å². The fraction of sp³-hybridized carbons (Fsp3) is 0.273. The molecule has 0 amide bonds. The molecule has 0 radical (unpaired) electrons. The van der Waals surface area contributed by atoms with Crippen LogP contribution in [0.1, 0.15) is 18.5 Å². The predicted molar refractivity (Wildman–Crippen MR) is 51.7 cm³/mol.